The lowest BCUT2D eigenvalue weighted by Crippen LogP contribution is -2.04. The number of nitrogens with zero attached hydrogens (tertiary/aromatic N) is 3. The average Bonchev–Trinajstić information content (AvgIpc) is 2.84. The van der Waals surface area contributed by atoms with Crippen LogP contribution in [0, 0.1) is 35.7 Å². The number of nitriles is 1. The predicted octanol–water partition coefficient (Wildman–Crippen LogP) is 5.08. The van der Waals surface area contributed by atoms with Crippen LogP contribution in [0.3, 0.4) is 0 Å². The SMILES string of the molecule is Cc1nn(C)c(Nc2c(F)cc(C#N)cc2F)c1-c1ccc(F)cc1Cl. The molecule has 0 saturated carbocycles. The van der Waals surface area contributed by atoms with Crippen molar-refractivity contribution in [3.8, 4) is 17.2 Å². The Kier molecular flexibility index (Phi) is 4.62. The van der Waals surface area contributed by atoms with Gasteiger partial charge in [-0.15, -0.1) is 0 Å². The van der Waals surface area contributed by atoms with E-state index in [-0.39, 0.29) is 16.4 Å². The molecule has 8 heteroatoms. The lowest BCUT2D eigenvalue weighted by Gasteiger charge is -2.13. The molecule has 0 aliphatic heterocycles. The van der Waals surface area contributed by atoms with Crippen LogP contribution in [-0.2, 0) is 7.05 Å². The molecule has 0 unspecified atom stereocenters. The van der Waals surface area contributed by atoms with Crippen molar-refractivity contribution in [2.24, 2.45) is 7.05 Å². The second-order valence-electron chi connectivity index (χ2n) is 5.61. The Morgan fingerprint density at radius 1 is 1.15 bits per heavy atom. The molecule has 0 aliphatic rings. The fraction of sp³-hybridized carbons (Fsp3) is 0.111. The van der Waals surface area contributed by atoms with Gasteiger partial charge in [0.05, 0.1) is 22.3 Å². The number of rotatable bonds is 3. The van der Waals surface area contributed by atoms with E-state index in [0.717, 1.165) is 18.2 Å². The lowest BCUT2D eigenvalue weighted by molar-refractivity contribution is 0.589. The molecule has 1 aromatic heterocycles. The van der Waals surface area contributed by atoms with Crippen molar-refractivity contribution in [3.63, 3.8) is 0 Å². The molecule has 0 radical (unpaired) electrons. The van der Waals surface area contributed by atoms with Crippen molar-refractivity contribution in [3.05, 3.63) is 64.1 Å². The van der Waals surface area contributed by atoms with Crippen molar-refractivity contribution in [1.29, 1.82) is 5.26 Å². The van der Waals surface area contributed by atoms with Crippen LogP contribution in [-0.4, -0.2) is 9.78 Å². The molecule has 1 N–H and O–H groups in total. The van der Waals surface area contributed by atoms with Crippen LogP contribution in [0.2, 0.25) is 5.02 Å². The summed E-state index contributed by atoms with van der Waals surface area (Å²) in [5, 5.41) is 15.9. The quantitative estimate of drug-likeness (QED) is 0.693. The maximum Gasteiger partial charge on any atom is 0.151 e. The Balaban J connectivity index is 2.15. The fourth-order valence-electron chi connectivity index (χ4n) is 2.69. The largest absolute Gasteiger partial charge is 0.335 e. The Labute approximate surface area is 152 Å². The molecule has 4 nitrogen and oxygen atoms in total. The highest BCUT2D eigenvalue weighted by Gasteiger charge is 2.21. The molecule has 26 heavy (non-hydrogen) atoms. The van der Waals surface area contributed by atoms with Crippen LogP contribution >= 0.6 is 11.6 Å². The van der Waals surface area contributed by atoms with Crippen LogP contribution in [0.25, 0.3) is 11.1 Å². The summed E-state index contributed by atoms with van der Waals surface area (Å²) in [6.45, 7) is 1.70. The normalized spacial score (nSPS) is 10.7. The Hall–Kier alpha value is -2.98. The molecule has 0 atom stereocenters. The van der Waals surface area contributed by atoms with E-state index in [4.69, 9.17) is 16.9 Å². The number of halogens is 4. The number of hydrogen-bond donors (Lipinski definition) is 1. The summed E-state index contributed by atoms with van der Waals surface area (Å²) in [7, 11) is 1.59. The third-order valence-electron chi connectivity index (χ3n) is 3.84. The maximum absolute atomic E-state index is 14.2. The van der Waals surface area contributed by atoms with Crippen LogP contribution in [0.5, 0.6) is 0 Å². The highest BCUT2D eigenvalue weighted by Crippen LogP contribution is 2.38. The van der Waals surface area contributed by atoms with E-state index in [1.54, 1.807) is 20.0 Å². The van der Waals surface area contributed by atoms with E-state index >= 15 is 0 Å². The summed E-state index contributed by atoms with van der Waals surface area (Å²) in [6, 6.07) is 7.40. The summed E-state index contributed by atoms with van der Waals surface area (Å²) in [6.07, 6.45) is 0. The molecule has 0 amide bonds. The minimum absolute atomic E-state index is 0.131. The molecular formula is C18H12ClF3N4. The highest BCUT2D eigenvalue weighted by atomic mass is 35.5. The zero-order chi connectivity index (χ0) is 19.0. The number of benzene rings is 2. The summed E-state index contributed by atoms with van der Waals surface area (Å²) in [4.78, 5) is 0. The molecule has 1 heterocycles. The molecule has 2 aromatic carbocycles. The standard InChI is InChI=1S/C18H12ClF3N4/c1-9-16(12-4-3-11(20)7-13(12)19)18(26(2)25-9)24-17-14(21)5-10(8-23)6-15(17)22/h3-7,24H,1-2H3. The summed E-state index contributed by atoms with van der Waals surface area (Å²) in [5.41, 5.74) is 0.939. The van der Waals surface area contributed by atoms with Crippen molar-refractivity contribution in [1.82, 2.24) is 9.78 Å². The van der Waals surface area contributed by atoms with E-state index in [1.165, 1.54) is 16.8 Å². The van der Waals surface area contributed by atoms with Gasteiger partial charge in [-0.25, -0.2) is 13.2 Å². The third kappa shape index (κ3) is 3.11. The Morgan fingerprint density at radius 2 is 1.81 bits per heavy atom. The second kappa shape index (κ2) is 6.73. The molecule has 0 bridgehead atoms. The van der Waals surface area contributed by atoms with E-state index in [0.29, 0.717) is 16.8 Å². The van der Waals surface area contributed by atoms with Gasteiger partial charge in [-0.3, -0.25) is 4.68 Å². The van der Waals surface area contributed by atoms with Gasteiger partial charge in [0.15, 0.2) is 11.6 Å². The van der Waals surface area contributed by atoms with Crippen molar-refractivity contribution in [2.45, 2.75) is 6.92 Å². The first-order valence-corrected chi connectivity index (χ1v) is 7.84. The summed E-state index contributed by atoms with van der Waals surface area (Å²) < 4.78 is 43.2. The second-order valence-corrected chi connectivity index (χ2v) is 6.02. The van der Waals surface area contributed by atoms with Crippen LogP contribution < -0.4 is 5.32 Å². The zero-order valence-corrected chi connectivity index (χ0v) is 14.5. The third-order valence-corrected chi connectivity index (χ3v) is 4.15. The van der Waals surface area contributed by atoms with E-state index < -0.39 is 23.1 Å². The number of hydrogen-bond acceptors (Lipinski definition) is 3. The number of aromatic nitrogens is 2. The van der Waals surface area contributed by atoms with Crippen molar-refractivity contribution < 1.29 is 13.2 Å². The molecule has 3 aromatic rings. The average molecular weight is 377 g/mol. The first-order chi connectivity index (χ1) is 12.3. The number of nitrogens with one attached hydrogen (secondary N) is 1. The maximum atomic E-state index is 14.2. The molecule has 3 rings (SSSR count). The van der Waals surface area contributed by atoms with Gasteiger partial charge in [-0.2, -0.15) is 10.4 Å². The van der Waals surface area contributed by atoms with Gasteiger partial charge in [-0.05, 0) is 37.3 Å². The summed E-state index contributed by atoms with van der Waals surface area (Å²) >= 11 is 6.13. The van der Waals surface area contributed by atoms with E-state index in [2.05, 4.69) is 10.4 Å². The monoisotopic (exact) mass is 376 g/mol. The molecule has 132 valence electrons. The van der Waals surface area contributed by atoms with Crippen LogP contribution in [0.15, 0.2) is 30.3 Å². The van der Waals surface area contributed by atoms with Gasteiger partial charge in [-0.1, -0.05) is 11.6 Å². The van der Waals surface area contributed by atoms with Gasteiger partial charge in [0.25, 0.3) is 0 Å². The fourth-order valence-corrected chi connectivity index (χ4v) is 2.95. The molecule has 0 fully saturated rings. The highest BCUT2D eigenvalue weighted by molar-refractivity contribution is 6.33. The predicted molar refractivity (Wildman–Crippen MR) is 92.7 cm³/mol. The lowest BCUT2D eigenvalue weighted by atomic mass is 10.1. The number of aryl methyl sites for hydroxylation is 2. The zero-order valence-electron chi connectivity index (χ0n) is 13.7. The van der Waals surface area contributed by atoms with Gasteiger partial charge in [0, 0.05) is 18.2 Å². The minimum Gasteiger partial charge on any atom is -0.335 e. The van der Waals surface area contributed by atoms with Gasteiger partial charge in [0.2, 0.25) is 0 Å². The molecular weight excluding hydrogens is 365 g/mol. The first kappa shape index (κ1) is 17.8. The summed E-state index contributed by atoms with van der Waals surface area (Å²) in [5.74, 6) is -2.06. The van der Waals surface area contributed by atoms with Gasteiger partial charge >= 0.3 is 0 Å². The van der Waals surface area contributed by atoms with E-state index in [9.17, 15) is 13.2 Å². The molecule has 0 aliphatic carbocycles. The molecule has 0 saturated heterocycles. The van der Waals surface area contributed by atoms with Crippen LogP contribution in [0.1, 0.15) is 11.3 Å². The molecule has 0 spiro atoms. The van der Waals surface area contributed by atoms with Gasteiger partial charge in [0.1, 0.15) is 17.3 Å². The number of anilines is 2. The van der Waals surface area contributed by atoms with E-state index in [1.807, 2.05) is 0 Å². The van der Waals surface area contributed by atoms with Crippen molar-refractivity contribution in [2.75, 3.05) is 5.32 Å². The van der Waals surface area contributed by atoms with Crippen LogP contribution in [0.4, 0.5) is 24.7 Å². The smallest absolute Gasteiger partial charge is 0.151 e. The minimum atomic E-state index is -0.920. The topological polar surface area (TPSA) is 53.6 Å². The Bertz CT molecular complexity index is 1030. The first-order valence-electron chi connectivity index (χ1n) is 7.47. The Morgan fingerprint density at radius 3 is 2.38 bits per heavy atom. The van der Waals surface area contributed by atoms with Crippen molar-refractivity contribution >= 4 is 23.1 Å². The van der Waals surface area contributed by atoms with Gasteiger partial charge < -0.3 is 5.32 Å².